The lowest BCUT2D eigenvalue weighted by Gasteiger charge is -2.22. The lowest BCUT2D eigenvalue weighted by atomic mass is 10.2. The summed E-state index contributed by atoms with van der Waals surface area (Å²) in [5.74, 6) is 2.12. The van der Waals surface area contributed by atoms with Gasteiger partial charge in [0.2, 0.25) is 4.77 Å². The van der Waals surface area contributed by atoms with Gasteiger partial charge >= 0.3 is 0 Å². The molecule has 4 rings (SSSR count). The van der Waals surface area contributed by atoms with Gasteiger partial charge in [0.1, 0.15) is 23.2 Å². The van der Waals surface area contributed by atoms with Crippen LogP contribution in [0.1, 0.15) is 35.7 Å². The molecular weight excluding hydrogens is 363 g/mol. The molecule has 0 bridgehead atoms. The molecule has 0 spiro atoms. The van der Waals surface area contributed by atoms with E-state index in [0.717, 1.165) is 23.6 Å². The van der Waals surface area contributed by atoms with E-state index in [2.05, 4.69) is 15.0 Å². The van der Waals surface area contributed by atoms with E-state index >= 15 is 0 Å². The van der Waals surface area contributed by atoms with Crippen molar-refractivity contribution in [3.8, 4) is 0 Å². The second kappa shape index (κ2) is 7.62. The number of hydrogen-bond acceptors (Lipinski definition) is 4. The van der Waals surface area contributed by atoms with E-state index in [0.29, 0.717) is 23.3 Å². The van der Waals surface area contributed by atoms with Crippen LogP contribution in [0.5, 0.6) is 0 Å². The van der Waals surface area contributed by atoms with Gasteiger partial charge in [-0.3, -0.25) is 10.00 Å². The molecule has 0 amide bonds. The summed E-state index contributed by atoms with van der Waals surface area (Å²) in [7, 11) is 0. The first-order chi connectivity index (χ1) is 13.1. The van der Waals surface area contributed by atoms with Gasteiger partial charge in [-0.1, -0.05) is 12.1 Å². The fourth-order valence-electron chi connectivity index (χ4n) is 2.99. The summed E-state index contributed by atoms with van der Waals surface area (Å²) in [5.41, 5.74) is 1.09. The molecule has 7 heteroatoms. The third kappa shape index (κ3) is 4.61. The fourth-order valence-corrected chi connectivity index (χ4v) is 3.19. The highest BCUT2D eigenvalue weighted by Gasteiger charge is 2.29. The number of rotatable bonds is 7. The molecule has 0 unspecified atom stereocenters. The highest BCUT2D eigenvalue weighted by atomic mass is 32.1. The molecule has 0 saturated heterocycles. The van der Waals surface area contributed by atoms with Gasteiger partial charge in [0.05, 0.1) is 6.67 Å². The molecule has 1 aliphatic carbocycles. The Labute approximate surface area is 162 Å². The van der Waals surface area contributed by atoms with Crippen molar-refractivity contribution in [2.24, 2.45) is 0 Å². The van der Waals surface area contributed by atoms with E-state index < -0.39 is 0 Å². The van der Waals surface area contributed by atoms with Crippen LogP contribution in [0.2, 0.25) is 0 Å². The van der Waals surface area contributed by atoms with Crippen molar-refractivity contribution in [2.75, 3.05) is 0 Å². The number of benzene rings is 1. The lowest BCUT2D eigenvalue weighted by molar-refractivity contribution is 0.186. The van der Waals surface area contributed by atoms with Gasteiger partial charge in [-0.25, -0.2) is 9.07 Å². The van der Waals surface area contributed by atoms with Crippen molar-refractivity contribution in [2.45, 2.75) is 39.0 Å². The van der Waals surface area contributed by atoms with E-state index in [9.17, 15) is 4.39 Å². The molecule has 0 radical (unpaired) electrons. The summed E-state index contributed by atoms with van der Waals surface area (Å²) in [5, 5.41) is 3.24. The predicted octanol–water partition coefficient (Wildman–Crippen LogP) is 4.77. The van der Waals surface area contributed by atoms with Gasteiger partial charge in [-0.15, -0.1) is 0 Å². The number of hydrogen-bond donors (Lipinski definition) is 1. The lowest BCUT2D eigenvalue weighted by Crippen LogP contribution is -2.29. The van der Waals surface area contributed by atoms with E-state index in [-0.39, 0.29) is 5.82 Å². The fraction of sp³-hybridized carbons (Fsp3) is 0.300. The van der Waals surface area contributed by atoms with Gasteiger partial charge in [0, 0.05) is 12.6 Å². The van der Waals surface area contributed by atoms with Crippen LogP contribution in [-0.4, -0.2) is 25.7 Å². The molecule has 3 aromatic rings. The van der Waals surface area contributed by atoms with Crippen molar-refractivity contribution < 1.29 is 8.81 Å². The van der Waals surface area contributed by atoms with Crippen molar-refractivity contribution >= 4 is 24.4 Å². The van der Waals surface area contributed by atoms with Crippen LogP contribution in [-0.2, 0) is 13.2 Å². The van der Waals surface area contributed by atoms with Crippen LogP contribution >= 0.6 is 12.2 Å². The normalized spacial score (nSPS) is 14.5. The summed E-state index contributed by atoms with van der Waals surface area (Å²) in [6.45, 7) is 3.29. The molecule has 1 fully saturated rings. The molecule has 5 nitrogen and oxygen atoms in total. The maximum absolute atomic E-state index is 13.1. The van der Waals surface area contributed by atoms with Crippen molar-refractivity contribution in [1.29, 1.82) is 0 Å². The average Bonchev–Trinajstić information content (AvgIpc) is 3.32. The Morgan fingerprint density at radius 3 is 2.70 bits per heavy atom. The zero-order valence-electron chi connectivity index (χ0n) is 15.1. The Morgan fingerprint density at radius 2 is 2.04 bits per heavy atom. The van der Waals surface area contributed by atoms with Crippen LogP contribution in [0.4, 0.5) is 4.39 Å². The number of aromatic amines is 1. The molecule has 1 N–H and O–H groups in total. The van der Waals surface area contributed by atoms with E-state index in [1.807, 2.05) is 48.0 Å². The van der Waals surface area contributed by atoms with Crippen LogP contribution < -0.4 is 0 Å². The summed E-state index contributed by atoms with van der Waals surface area (Å²) in [6, 6.07) is 11.0. The number of halogens is 1. The Bertz CT molecular complexity index is 998. The number of nitrogens with zero attached hydrogens (tertiary/aromatic N) is 3. The van der Waals surface area contributed by atoms with Crippen LogP contribution in [0.25, 0.3) is 12.2 Å². The molecule has 1 aliphatic rings. The van der Waals surface area contributed by atoms with Crippen LogP contribution in [0.15, 0.2) is 40.8 Å². The Kier molecular flexibility index (Phi) is 5.05. The first kappa shape index (κ1) is 17.9. The van der Waals surface area contributed by atoms with Gasteiger partial charge in [0.15, 0.2) is 0 Å². The smallest absolute Gasteiger partial charge is 0.217 e. The van der Waals surface area contributed by atoms with E-state index in [4.69, 9.17) is 16.6 Å². The van der Waals surface area contributed by atoms with Gasteiger partial charge in [-0.05, 0) is 74.0 Å². The molecule has 2 aromatic heterocycles. The van der Waals surface area contributed by atoms with Gasteiger partial charge in [-0.2, -0.15) is 4.98 Å². The summed E-state index contributed by atoms with van der Waals surface area (Å²) in [6.07, 6.45) is 6.06. The molecule has 27 heavy (non-hydrogen) atoms. The largest absolute Gasteiger partial charge is 0.462 e. The number of nitrogens with one attached hydrogen (secondary N) is 1. The number of H-pyrrole nitrogens is 1. The monoisotopic (exact) mass is 384 g/mol. The zero-order chi connectivity index (χ0) is 18.8. The standard InChI is InChI=1S/C20H21FN4OS/c1-14-2-9-18(26-14)10-11-19-22-20(27)25(23-19)13-24(17-7-8-17)12-15-3-5-16(21)6-4-15/h2-6,9-11,17H,7-8,12-13H2,1H3,(H,22,23,27)/b11-10+. The number of furan rings is 1. The summed E-state index contributed by atoms with van der Waals surface area (Å²) in [4.78, 5) is 6.74. The Hall–Kier alpha value is -2.51. The predicted molar refractivity (Wildman–Crippen MR) is 105 cm³/mol. The third-order valence-corrected chi connectivity index (χ3v) is 4.86. The first-order valence-corrected chi connectivity index (χ1v) is 9.37. The number of aromatic nitrogens is 3. The second-order valence-electron chi connectivity index (χ2n) is 6.85. The minimum Gasteiger partial charge on any atom is -0.462 e. The van der Waals surface area contributed by atoms with Gasteiger partial charge in [0.25, 0.3) is 0 Å². The van der Waals surface area contributed by atoms with E-state index in [1.54, 1.807) is 0 Å². The molecule has 2 heterocycles. The average molecular weight is 384 g/mol. The molecule has 140 valence electrons. The maximum Gasteiger partial charge on any atom is 0.217 e. The minimum atomic E-state index is -0.212. The second-order valence-corrected chi connectivity index (χ2v) is 7.21. The van der Waals surface area contributed by atoms with Crippen LogP contribution in [0, 0.1) is 17.5 Å². The van der Waals surface area contributed by atoms with Crippen molar-refractivity contribution in [3.05, 3.63) is 69.9 Å². The maximum atomic E-state index is 13.1. The highest BCUT2D eigenvalue weighted by molar-refractivity contribution is 7.71. The summed E-state index contributed by atoms with van der Waals surface area (Å²) >= 11 is 5.40. The molecule has 0 atom stereocenters. The van der Waals surface area contributed by atoms with E-state index in [1.165, 1.54) is 25.0 Å². The molecule has 0 aliphatic heterocycles. The molecule has 1 aromatic carbocycles. The highest BCUT2D eigenvalue weighted by Crippen LogP contribution is 2.28. The minimum absolute atomic E-state index is 0.212. The third-order valence-electron chi connectivity index (χ3n) is 4.55. The van der Waals surface area contributed by atoms with Crippen molar-refractivity contribution in [3.63, 3.8) is 0 Å². The number of aryl methyl sites for hydroxylation is 1. The zero-order valence-corrected chi connectivity index (χ0v) is 15.9. The Morgan fingerprint density at radius 1 is 1.26 bits per heavy atom. The quantitative estimate of drug-likeness (QED) is 0.596. The van der Waals surface area contributed by atoms with Crippen LogP contribution in [0.3, 0.4) is 0 Å². The SMILES string of the molecule is Cc1ccc(/C=C/c2nc(=S)n(CN(Cc3ccc(F)cc3)C3CC3)[nH]2)o1. The first-order valence-electron chi connectivity index (χ1n) is 8.97. The Balaban J connectivity index is 1.47. The molecule has 1 saturated carbocycles. The molecular formula is C20H21FN4OS. The van der Waals surface area contributed by atoms with Gasteiger partial charge < -0.3 is 4.42 Å². The van der Waals surface area contributed by atoms with Crippen molar-refractivity contribution in [1.82, 2.24) is 19.7 Å². The topological polar surface area (TPSA) is 50.0 Å². The summed E-state index contributed by atoms with van der Waals surface area (Å²) < 4.78 is 21.0.